The molecule has 2 rings (SSSR count). The molecule has 0 bridgehead atoms. The van der Waals surface area contributed by atoms with Gasteiger partial charge in [-0.25, -0.2) is 4.98 Å². The molecule has 2 N–H and O–H groups in total. The minimum atomic E-state index is 0.0833. The van der Waals surface area contributed by atoms with Gasteiger partial charge < -0.3 is 10.1 Å². The number of ether oxygens (including phenoxy) is 1. The number of H-pyrrole nitrogens is 1. The molecule has 1 fully saturated rings. The molecule has 6 heteroatoms. The van der Waals surface area contributed by atoms with Gasteiger partial charge in [-0.05, 0) is 19.3 Å². The maximum Gasteiger partial charge on any atom is 0.220 e. The Labute approximate surface area is 100 Å². The molecule has 1 atom stereocenters. The fraction of sp³-hybridized carbons (Fsp3) is 0.727. The van der Waals surface area contributed by atoms with Gasteiger partial charge in [0.2, 0.25) is 5.91 Å². The number of carbonyl (C=O) groups is 1. The van der Waals surface area contributed by atoms with Crippen molar-refractivity contribution in [3.8, 4) is 0 Å². The van der Waals surface area contributed by atoms with E-state index in [1.807, 2.05) is 0 Å². The zero-order valence-corrected chi connectivity index (χ0v) is 9.82. The van der Waals surface area contributed by atoms with Gasteiger partial charge in [-0.15, -0.1) is 0 Å². The Hall–Kier alpha value is -1.43. The summed E-state index contributed by atoms with van der Waals surface area (Å²) >= 11 is 0. The van der Waals surface area contributed by atoms with E-state index in [1.54, 1.807) is 0 Å². The SMILES string of the molecule is O=C(CCC1CCCO1)NCCc1ncn[nH]1. The van der Waals surface area contributed by atoms with E-state index >= 15 is 0 Å². The van der Waals surface area contributed by atoms with E-state index in [0.717, 1.165) is 31.7 Å². The lowest BCUT2D eigenvalue weighted by Gasteiger charge is -2.08. The summed E-state index contributed by atoms with van der Waals surface area (Å²) < 4.78 is 5.46. The van der Waals surface area contributed by atoms with Crippen LogP contribution in [0.15, 0.2) is 6.33 Å². The summed E-state index contributed by atoms with van der Waals surface area (Å²) in [7, 11) is 0. The van der Waals surface area contributed by atoms with E-state index in [4.69, 9.17) is 4.74 Å². The number of carbonyl (C=O) groups excluding carboxylic acids is 1. The molecule has 6 nitrogen and oxygen atoms in total. The second-order valence-electron chi connectivity index (χ2n) is 4.21. The van der Waals surface area contributed by atoms with Gasteiger partial charge in [-0.1, -0.05) is 0 Å². The Morgan fingerprint density at radius 3 is 3.29 bits per heavy atom. The maximum atomic E-state index is 11.5. The predicted molar refractivity (Wildman–Crippen MR) is 61.3 cm³/mol. The molecule has 1 aromatic rings. The number of hydrogen-bond donors (Lipinski definition) is 2. The van der Waals surface area contributed by atoms with Crippen LogP contribution in [0, 0.1) is 0 Å². The standard InChI is InChI=1S/C11H18N4O2/c16-11(4-3-9-2-1-7-17-9)12-6-5-10-13-8-14-15-10/h8-9H,1-7H2,(H,12,16)(H,13,14,15). The maximum absolute atomic E-state index is 11.5. The Bertz CT molecular complexity index is 333. The molecule has 0 aliphatic carbocycles. The molecule has 1 amide bonds. The number of nitrogens with zero attached hydrogens (tertiary/aromatic N) is 2. The van der Waals surface area contributed by atoms with Crippen molar-refractivity contribution in [2.75, 3.05) is 13.2 Å². The predicted octanol–water partition coefficient (Wildman–Crippen LogP) is 0.423. The molecule has 1 saturated heterocycles. The van der Waals surface area contributed by atoms with Crippen molar-refractivity contribution in [2.45, 2.75) is 38.2 Å². The van der Waals surface area contributed by atoms with E-state index < -0.39 is 0 Å². The van der Waals surface area contributed by atoms with Crippen LogP contribution in [-0.4, -0.2) is 40.3 Å². The van der Waals surface area contributed by atoms with Crippen LogP contribution in [0.4, 0.5) is 0 Å². The zero-order valence-electron chi connectivity index (χ0n) is 9.82. The Morgan fingerprint density at radius 1 is 1.65 bits per heavy atom. The first-order valence-corrected chi connectivity index (χ1v) is 6.07. The molecule has 2 heterocycles. The highest BCUT2D eigenvalue weighted by atomic mass is 16.5. The number of rotatable bonds is 6. The van der Waals surface area contributed by atoms with Gasteiger partial charge in [0.05, 0.1) is 6.10 Å². The zero-order chi connectivity index (χ0) is 11.9. The highest BCUT2D eigenvalue weighted by Crippen LogP contribution is 2.16. The summed E-state index contributed by atoms with van der Waals surface area (Å²) in [5.74, 6) is 0.879. The second kappa shape index (κ2) is 6.34. The van der Waals surface area contributed by atoms with Crippen molar-refractivity contribution in [1.82, 2.24) is 20.5 Å². The largest absolute Gasteiger partial charge is 0.378 e. The first-order valence-electron chi connectivity index (χ1n) is 6.07. The third-order valence-electron chi connectivity index (χ3n) is 2.87. The number of hydrogen-bond acceptors (Lipinski definition) is 4. The molecule has 17 heavy (non-hydrogen) atoms. The van der Waals surface area contributed by atoms with Crippen LogP contribution in [0.25, 0.3) is 0 Å². The summed E-state index contributed by atoms with van der Waals surface area (Å²) in [6.07, 6.45) is 6.02. The van der Waals surface area contributed by atoms with E-state index in [9.17, 15) is 4.79 Å². The molecule has 94 valence electrons. The van der Waals surface area contributed by atoms with Crippen LogP contribution >= 0.6 is 0 Å². The first kappa shape index (κ1) is 12.0. The topological polar surface area (TPSA) is 79.9 Å². The minimum absolute atomic E-state index is 0.0833. The highest BCUT2D eigenvalue weighted by molar-refractivity contribution is 5.75. The number of aromatic nitrogens is 3. The van der Waals surface area contributed by atoms with Gasteiger partial charge in [-0.2, -0.15) is 5.10 Å². The summed E-state index contributed by atoms with van der Waals surface area (Å²) in [6, 6.07) is 0. The molecular weight excluding hydrogens is 220 g/mol. The number of aromatic amines is 1. The summed E-state index contributed by atoms with van der Waals surface area (Å²) in [4.78, 5) is 15.5. The lowest BCUT2D eigenvalue weighted by atomic mass is 10.1. The Kier molecular flexibility index (Phi) is 4.49. The summed E-state index contributed by atoms with van der Waals surface area (Å²) in [5, 5.41) is 9.36. The summed E-state index contributed by atoms with van der Waals surface area (Å²) in [6.45, 7) is 1.44. The van der Waals surface area contributed by atoms with Crippen molar-refractivity contribution in [3.05, 3.63) is 12.2 Å². The quantitative estimate of drug-likeness (QED) is 0.753. The van der Waals surface area contributed by atoms with Crippen molar-refractivity contribution in [3.63, 3.8) is 0 Å². The van der Waals surface area contributed by atoms with Gasteiger partial charge in [-0.3, -0.25) is 9.89 Å². The third-order valence-corrected chi connectivity index (χ3v) is 2.87. The van der Waals surface area contributed by atoms with Gasteiger partial charge in [0.15, 0.2) is 0 Å². The molecule has 1 aliphatic heterocycles. The minimum Gasteiger partial charge on any atom is -0.378 e. The van der Waals surface area contributed by atoms with Crippen molar-refractivity contribution < 1.29 is 9.53 Å². The molecule has 0 saturated carbocycles. The van der Waals surface area contributed by atoms with Crippen LogP contribution in [0.2, 0.25) is 0 Å². The fourth-order valence-electron chi connectivity index (χ4n) is 1.92. The molecule has 0 aromatic carbocycles. The van der Waals surface area contributed by atoms with Crippen LogP contribution in [-0.2, 0) is 16.0 Å². The lowest BCUT2D eigenvalue weighted by Crippen LogP contribution is -2.26. The van der Waals surface area contributed by atoms with Gasteiger partial charge in [0, 0.05) is 26.0 Å². The molecule has 1 aliphatic rings. The third kappa shape index (κ3) is 4.14. The average Bonchev–Trinajstić information content (AvgIpc) is 2.99. The van der Waals surface area contributed by atoms with E-state index in [-0.39, 0.29) is 12.0 Å². The molecule has 1 unspecified atom stereocenters. The van der Waals surface area contributed by atoms with Crippen LogP contribution in [0.5, 0.6) is 0 Å². The molecule has 1 aromatic heterocycles. The normalized spacial score (nSPS) is 19.4. The smallest absolute Gasteiger partial charge is 0.220 e. The number of nitrogens with one attached hydrogen (secondary N) is 2. The van der Waals surface area contributed by atoms with Crippen molar-refractivity contribution in [1.29, 1.82) is 0 Å². The fourth-order valence-corrected chi connectivity index (χ4v) is 1.92. The Morgan fingerprint density at radius 2 is 2.59 bits per heavy atom. The average molecular weight is 238 g/mol. The van der Waals surface area contributed by atoms with E-state index in [1.165, 1.54) is 6.33 Å². The Balaban J connectivity index is 1.54. The molecule has 0 radical (unpaired) electrons. The highest BCUT2D eigenvalue weighted by Gasteiger charge is 2.16. The van der Waals surface area contributed by atoms with Gasteiger partial charge in [0.1, 0.15) is 12.2 Å². The lowest BCUT2D eigenvalue weighted by molar-refractivity contribution is -0.121. The second-order valence-corrected chi connectivity index (χ2v) is 4.21. The monoisotopic (exact) mass is 238 g/mol. The van der Waals surface area contributed by atoms with E-state index in [2.05, 4.69) is 20.5 Å². The van der Waals surface area contributed by atoms with Gasteiger partial charge in [0.25, 0.3) is 0 Å². The summed E-state index contributed by atoms with van der Waals surface area (Å²) in [5.41, 5.74) is 0. The molecular formula is C11H18N4O2. The molecule has 0 spiro atoms. The van der Waals surface area contributed by atoms with Crippen molar-refractivity contribution >= 4 is 5.91 Å². The van der Waals surface area contributed by atoms with Crippen LogP contribution < -0.4 is 5.32 Å². The number of amides is 1. The van der Waals surface area contributed by atoms with Gasteiger partial charge >= 0.3 is 0 Å². The van der Waals surface area contributed by atoms with E-state index in [0.29, 0.717) is 19.4 Å². The van der Waals surface area contributed by atoms with Crippen molar-refractivity contribution in [2.24, 2.45) is 0 Å². The first-order chi connectivity index (χ1) is 8.34. The van der Waals surface area contributed by atoms with Crippen LogP contribution in [0.3, 0.4) is 0 Å². The van der Waals surface area contributed by atoms with Crippen LogP contribution in [0.1, 0.15) is 31.5 Å².